The van der Waals surface area contributed by atoms with Gasteiger partial charge in [-0.1, -0.05) is 12.1 Å². The van der Waals surface area contributed by atoms with Crippen LogP contribution in [-0.2, 0) is 0 Å². The maximum absolute atomic E-state index is 5.75. The molecular formula is C9H12N2. The molecule has 0 radical (unpaired) electrons. The standard InChI is InChI=1S/C9H12N2/c1-3-11-8-6-4-5-7(2)9(8)10/h3-6H,10H2,1-2H3. The third kappa shape index (κ3) is 1.58. The topological polar surface area (TPSA) is 38.4 Å². The van der Waals surface area contributed by atoms with Gasteiger partial charge in [-0.3, -0.25) is 4.99 Å². The van der Waals surface area contributed by atoms with E-state index in [2.05, 4.69) is 4.99 Å². The van der Waals surface area contributed by atoms with E-state index < -0.39 is 0 Å². The number of hydrogen-bond donors (Lipinski definition) is 1. The second-order valence-corrected chi connectivity index (χ2v) is 2.40. The second-order valence-electron chi connectivity index (χ2n) is 2.40. The molecule has 0 saturated heterocycles. The molecule has 2 heteroatoms. The van der Waals surface area contributed by atoms with Crippen molar-refractivity contribution in [2.75, 3.05) is 5.73 Å². The van der Waals surface area contributed by atoms with Crippen LogP contribution in [0.4, 0.5) is 11.4 Å². The molecule has 0 amide bonds. The number of hydrogen-bond acceptors (Lipinski definition) is 2. The summed E-state index contributed by atoms with van der Waals surface area (Å²) in [4.78, 5) is 4.12. The molecule has 0 heterocycles. The number of aryl methyl sites for hydroxylation is 1. The van der Waals surface area contributed by atoms with Crippen LogP contribution in [0, 0.1) is 6.92 Å². The van der Waals surface area contributed by atoms with Crippen LogP contribution in [0.3, 0.4) is 0 Å². The average Bonchev–Trinajstić information content (AvgIpc) is 1.99. The quantitative estimate of drug-likeness (QED) is 0.481. The predicted octanol–water partition coefficient (Wildman–Crippen LogP) is 2.30. The number of benzene rings is 1. The zero-order chi connectivity index (χ0) is 8.27. The number of nitrogen functional groups attached to an aromatic ring is 1. The number of para-hydroxylation sites is 1. The number of rotatable bonds is 1. The van der Waals surface area contributed by atoms with Crippen LogP contribution in [-0.4, -0.2) is 6.21 Å². The Hall–Kier alpha value is -1.31. The highest BCUT2D eigenvalue weighted by Crippen LogP contribution is 2.23. The van der Waals surface area contributed by atoms with Gasteiger partial charge in [-0.25, -0.2) is 0 Å². The Bertz CT molecular complexity index is 277. The summed E-state index contributed by atoms with van der Waals surface area (Å²) < 4.78 is 0. The van der Waals surface area contributed by atoms with Gasteiger partial charge in [-0.05, 0) is 25.5 Å². The Kier molecular flexibility index (Phi) is 2.26. The summed E-state index contributed by atoms with van der Waals surface area (Å²) in [6.45, 7) is 3.85. The Labute approximate surface area is 66.8 Å². The molecule has 0 fully saturated rings. The van der Waals surface area contributed by atoms with E-state index in [1.165, 1.54) is 0 Å². The second kappa shape index (κ2) is 3.19. The third-order valence-corrected chi connectivity index (χ3v) is 1.57. The Balaban J connectivity index is 3.16. The van der Waals surface area contributed by atoms with E-state index in [0.29, 0.717) is 0 Å². The smallest absolute Gasteiger partial charge is 0.0857 e. The molecule has 0 bridgehead atoms. The zero-order valence-electron chi connectivity index (χ0n) is 6.83. The summed E-state index contributed by atoms with van der Waals surface area (Å²) in [6.07, 6.45) is 1.74. The van der Waals surface area contributed by atoms with Gasteiger partial charge < -0.3 is 5.73 Å². The maximum atomic E-state index is 5.75. The zero-order valence-corrected chi connectivity index (χ0v) is 6.83. The molecule has 1 rings (SSSR count). The molecule has 58 valence electrons. The first-order valence-corrected chi connectivity index (χ1v) is 3.59. The fourth-order valence-corrected chi connectivity index (χ4v) is 0.917. The SMILES string of the molecule is CC=Nc1cccc(C)c1N. The Morgan fingerprint density at radius 3 is 2.82 bits per heavy atom. The van der Waals surface area contributed by atoms with Gasteiger partial charge in [0.15, 0.2) is 0 Å². The fourth-order valence-electron chi connectivity index (χ4n) is 0.917. The van der Waals surface area contributed by atoms with Gasteiger partial charge in [0.1, 0.15) is 0 Å². The van der Waals surface area contributed by atoms with Crippen molar-refractivity contribution in [1.29, 1.82) is 0 Å². The lowest BCUT2D eigenvalue weighted by molar-refractivity contribution is 1.43. The summed E-state index contributed by atoms with van der Waals surface area (Å²) in [5.74, 6) is 0. The first-order valence-electron chi connectivity index (χ1n) is 3.59. The summed E-state index contributed by atoms with van der Waals surface area (Å²) in [6, 6.07) is 5.83. The Morgan fingerprint density at radius 1 is 1.45 bits per heavy atom. The highest BCUT2D eigenvalue weighted by atomic mass is 14.8. The molecule has 0 saturated carbocycles. The minimum absolute atomic E-state index is 0.769. The van der Waals surface area contributed by atoms with Gasteiger partial charge in [0.05, 0.1) is 11.4 Å². The highest BCUT2D eigenvalue weighted by Gasteiger charge is 1.96. The molecule has 0 aliphatic heterocycles. The lowest BCUT2D eigenvalue weighted by Gasteiger charge is -2.01. The summed E-state index contributed by atoms with van der Waals surface area (Å²) in [5, 5.41) is 0. The first-order chi connectivity index (χ1) is 5.25. The monoisotopic (exact) mass is 148 g/mol. The number of nitrogens with zero attached hydrogens (tertiary/aromatic N) is 1. The lowest BCUT2D eigenvalue weighted by Crippen LogP contribution is -1.88. The van der Waals surface area contributed by atoms with Crippen LogP contribution in [0.25, 0.3) is 0 Å². The molecule has 11 heavy (non-hydrogen) atoms. The van der Waals surface area contributed by atoms with E-state index in [-0.39, 0.29) is 0 Å². The van der Waals surface area contributed by atoms with Gasteiger partial charge >= 0.3 is 0 Å². The molecule has 0 aromatic heterocycles. The molecular weight excluding hydrogens is 136 g/mol. The summed E-state index contributed by atoms with van der Waals surface area (Å²) in [5.41, 5.74) is 8.46. The van der Waals surface area contributed by atoms with E-state index in [0.717, 1.165) is 16.9 Å². The van der Waals surface area contributed by atoms with Gasteiger partial charge in [0, 0.05) is 6.21 Å². The maximum Gasteiger partial charge on any atom is 0.0857 e. The van der Waals surface area contributed by atoms with Gasteiger partial charge in [-0.2, -0.15) is 0 Å². The van der Waals surface area contributed by atoms with Gasteiger partial charge in [0.2, 0.25) is 0 Å². The predicted molar refractivity (Wildman–Crippen MR) is 49.4 cm³/mol. The normalized spacial score (nSPS) is 10.7. The summed E-state index contributed by atoms with van der Waals surface area (Å²) in [7, 11) is 0. The van der Waals surface area contributed by atoms with Gasteiger partial charge in [0.25, 0.3) is 0 Å². The van der Waals surface area contributed by atoms with E-state index in [1.807, 2.05) is 32.0 Å². The highest BCUT2D eigenvalue weighted by molar-refractivity contribution is 5.71. The molecule has 0 aliphatic carbocycles. The van der Waals surface area contributed by atoms with Crippen LogP contribution in [0.1, 0.15) is 12.5 Å². The van der Waals surface area contributed by atoms with Crippen molar-refractivity contribution < 1.29 is 0 Å². The molecule has 2 nitrogen and oxygen atoms in total. The third-order valence-electron chi connectivity index (χ3n) is 1.57. The van der Waals surface area contributed by atoms with Crippen molar-refractivity contribution in [3.05, 3.63) is 23.8 Å². The van der Waals surface area contributed by atoms with Crippen molar-refractivity contribution in [1.82, 2.24) is 0 Å². The van der Waals surface area contributed by atoms with Crippen LogP contribution in [0.2, 0.25) is 0 Å². The molecule has 1 aromatic carbocycles. The number of nitrogens with two attached hydrogens (primary N) is 1. The van der Waals surface area contributed by atoms with Gasteiger partial charge in [-0.15, -0.1) is 0 Å². The van der Waals surface area contributed by atoms with E-state index in [9.17, 15) is 0 Å². The molecule has 0 atom stereocenters. The van der Waals surface area contributed by atoms with E-state index in [1.54, 1.807) is 6.21 Å². The summed E-state index contributed by atoms with van der Waals surface area (Å²) >= 11 is 0. The Morgan fingerprint density at radius 2 is 2.18 bits per heavy atom. The fraction of sp³-hybridized carbons (Fsp3) is 0.222. The van der Waals surface area contributed by atoms with Crippen molar-refractivity contribution >= 4 is 17.6 Å². The number of anilines is 1. The lowest BCUT2D eigenvalue weighted by atomic mass is 10.2. The van der Waals surface area contributed by atoms with Crippen molar-refractivity contribution in [3.63, 3.8) is 0 Å². The van der Waals surface area contributed by atoms with E-state index >= 15 is 0 Å². The largest absolute Gasteiger partial charge is 0.397 e. The first kappa shape index (κ1) is 7.79. The molecule has 1 aromatic rings. The average molecular weight is 148 g/mol. The van der Waals surface area contributed by atoms with Crippen LogP contribution in [0.15, 0.2) is 23.2 Å². The van der Waals surface area contributed by atoms with Crippen LogP contribution < -0.4 is 5.73 Å². The molecule has 0 unspecified atom stereocenters. The molecule has 2 N–H and O–H groups in total. The van der Waals surface area contributed by atoms with Crippen molar-refractivity contribution in [2.24, 2.45) is 4.99 Å². The minimum atomic E-state index is 0.769. The van der Waals surface area contributed by atoms with E-state index in [4.69, 9.17) is 5.73 Å². The number of aliphatic imine (C=N–C) groups is 1. The minimum Gasteiger partial charge on any atom is -0.397 e. The van der Waals surface area contributed by atoms with Crippen molar-refractivity contribution in [2.45, 2.75) is 13.8 Å². The van der Waals surface area contributed by atoms with Crippen molar-refractivity contribution in [3.8, 4) is 0 Å². The van der Waals surface area contributed by atoms with Crippen LogP contribution >= 0.6 is 0 Å². The molecule has 0 aliphatic rings. The molecule has 0 spiro atoms. The van der Waals surface area contributed by atoms with Crippen LogP contribution in [0.5, 0.6) is 0 Å².